The van der Waals surface area contributed by atoms with E-state index in [-0.39, 0.29) is 0 Å². The van der Waals surface area contributed by atoms with Crippen LogP contribution >= 0.6 is 15.9 Å². The van der Waals surface area contributed by atoms with Crippen LogP contribution < -0.4 is 10.1 Å². The molecule has 24 heavy (non-hydrogen) atoms. The molecule has 1 N–H and O–H groups in total. The van der Waals surface area contributed by atoms with Crippen LogP contribution in [-0.2, 0) is 9.47 Å². The molecule has 0 aliphatic heterocycles. The number of hydrogen-bond acceptors (Lipinski definition) is 5. The molecule has 6 nitrogen and oxygen atoms in total. The van der Waals surface area contributed by atoms with Gasteiger partial charge in [-0.15, -0.1) is 0 Å². The van der Waals surface area contributed by atoms with Crippen molar-refractivity contribution >= 4 is 28.0 Å². The molecule has 0 saturated heterocycles. The number of nitrogens with one attached hydrogen (secondary N) is 1. The fraction of sp³-hybridized carbons (Fsp3) is 0.529. The molecule has 0 atom stereocenters. The van der Waals surface area contributed by atoms with Gasteiger partial charge in [-0.05, 0) is 67.7 Å². The number of carbonyl (C=O) groups is 2. The highest BCUT2D eigenvalue weighted by Gasteiger charge is 2.46. The second-order valence-corrected chi connectivity index (χ2v) is 7.69. The van der Waals surface area contributed by atoms with Crippen LogP contribution in [0.25, 0.3) is 0 Å². The molecule has 0 aromatic heterocycles. The van der Waals surface area contributed by atoms with Crippen molar-refractivity contribution in [1.82, 2.24) is 5.32 Å². The van der Waals surface area contributed by atoms with E-state index in [2.05, 4.69) is 21.2 Å². The van der Waals surface area contributed by atoms with Crippen LogP contribution in [0.4, 0.5) is 4.79 Å². The fourth-order valence-corrected chi connectivity index (χ4v) is 2.41. The Balaban J connectivity index is 1.98. The number of benzene rings is 1. The lowest BCUT2D eigenvalue weighted by atomic mass is 10.2. The van der Waals surface area contributed by atoms with Gasteiger partial charge in [-0.1, -0.05) is 0 Å². The van der Waals surface area contributed by atoms with Crippen molar-refractivity contribution in [2.75, 3.05) is 13.7 Å². The summed E-state index contributed by atoms with van der Waals surface area (Å²) in [4.78, 5) is 23.5. The van der Waals surface area contributed by atoms with Gasteiger partial charge in [0.15, 0.2) is 0 Å². The van der Waals surface area contributed by atoms with Gasteiger partial charge in [-0.25, -0.2) is 9.59 Å². The number of alkyl carbamates (subject to hydrolysis) is 1. The van der Waals surface area contributed by atoms with E-state index in [1.807, 2.05) is 20.8 Å². The van der Waals surface area contributed by atoms with E-state index in [0.717, 1.165) is 17.3 Å². The van der Waals surface area contributed by atoms with E-state index in [1.54, 1.807) is 18.2 Å². The lowest BCUT2D eigenvalue weighted by molar-refractivity contribution is 0.0476. The van der Waals surface area contributed by atoms with Crippen molar-refractivity contribution in [3.63, 3.8) is 0 Å². The number of methoxy groups -OCH3 is 1. The Kier molecular flexibility index (Phi) is 5.42. The van der Waals surface area contributed by atoms with Gasteiger partial charge in [0.05, 0.1) is 22.7 Å². The molecule has 1 amide bonds. The summed E-state index contributed by atoms with van der Waals surface area (Å²) in [7, 11) is 1.33. The molecule has 7 heteroatoms. The van der Waals surface area contributed by atoms with Crippen molar-refractivity contribution in [1.29, 1.82) is 0 Å². The molecule has 1 aromatic rings. The molecule has 1 saturated carbocycles. The monoisotopic (exact) mass is 399 g/mol. The zero-order valence-electron chi connectivity index (χ0n) is 14.3. The molecule has 1 aliphatic rings. The SMILES string of the molecule is COC(=O)c1ccc(Br)c(OCC2(NC(=O)OC(C)(C)C)CC2)c1. The zero-order valence-corrected chi connectivity index (χ0v) is 15.9. The van der Waals surface area contributed by atoms with Crippen LogP contribution in [0.2, 0.25) is 0 Å². The summed E-state index contributed by atoms with van der Waals surface area (Å²) in [5.41, 5.74) is -0.553. The number of carbonyl (C=O) groups excluding carboxylic acids is 2. The van der Waals surface area contributed by atoms with E-state index < -0.39 is 23.2 Å². The molecule has 0 heterocycles. The maximum atomic E-state index is 11.9. The van der Waals surface area contributed by atoms with Crippen molar-refractivity contribution in [2.45, 2.75) is 44.8 Å². The van der Waals surface area contributed by atoms with Crippen LogP contribution in [0.15, 0.2) is 22.7 Å². The Morgan fingerprint density at radius 2 is 1.96 bits per heavy atom. The van der Waals surface area contributed by atoms with Gasteiger partial charge in [-0.2, -0.15) is 0 Å². The van der Waals surface area contributed by atoms with E-state index in [1.165, 1.54) is 7.11 Å². The van der Waals surface area contributed by atoms with E-state index >= 15 is 0 Å². The third-order valence-electron chi connectivity index (χ3n) is 3.48. The first-order chi connectivity index (χ1) is 11.1. The molecule has 0 spiro atoms. The highest BCUT2D eigenvalue weighted by atomic mass is 79.9. The van der Waals surface area contributed by atoms with Crippen LogP contribution in [0.5, 0.6) is 5.75 Å². The minimum Gasteiger partial charge on any atom is -0.490 e. The summed E-state index contributed by atoms with van der Waals surface area (Å²) in [5.74, 6) is 0.0931. The third-order valence-corrected chi connectivity index (χ3v) is 4.13. The average molecular weight is 400 g/mol. The lowest BCUT2D eigenvalue weighted by Gasteiger charge is -2.23. The average Bonchev–Trinajstić information content (AvgIpc) is 3.23. The number of amides is 1. The molecule has 132 valence electrons. The zero-order chi connectivity index (χ0) is 18.0. The van der Waals surface area contributed by atoms with Crippen LogP contribution in [0.1, 0.15) is 44.0 Å². The van der Waals surface area contributed by atoms with Gasteiger partial charge in [0.25, 0.3) is 0 Å². The van der Waals surface area contributed by atoms with Crippen molar-refractivity contribution < 1.29 is 23.8 Å². The first-order valence-electron chi connectivity index (χ1n) is 7.66. The summed E-state index contributed by atoms with van der Waals surface area (Å²) >= 11 is 3.39. The molecule has 2 rings (SSSR count). The number of ether oxygens (including phenoxy) is 3. The van der Waals surface area contributed by atoms with E-state index in [0.29, 0.717) is 17.9 Å². The van der Waals surface area contributed by atoms with Crippen molar-refractivity contribution in [3.05, 3.63) is 28.2 Å². The van der Waals surface area contributed by atoms with Crippen molar-refractivity contribution in [3.8, 4) is 5.75 Å². The number of halogens is 1. The van der Waals surface area contributed by atoms with Crippen LogP contribution in [-0.4, -0.2) is 36.9 Å². The maximum Gasteiger partial charge on any atom is 0.408 e. The second kappa shape index (κ2) is 7.01. The fourth-order valence-electron chi connectivity index (χ4n) is 2.05. The molecule has 1 fully saturated rings. The van der Waals surface area contributed by atoms with Gasteiger partial charge in [-0.3, -0.25) is 0 Å². The van der Waals surface area contributed by atoms with Gasteiger partial charge in [0.2, 0.25) is 0 Å². The summed E-state index contributed by atoms with van der Waals surface area (Å²) < 4.78 is 16.5. The predicted octanol–water partition coefficient (Wildman–Crippen LogP) is 3.67. The van der Waals surface area contributed by atoms with Gasteiger partial charge < -0.3 is 19.5 Å². The Morgan fingerprint density at radius 3 is 2.50 bits per heavy atom. The first kappa shape index (κ1) is 18.6. The lowest BCUT2D eigenvalue weighted by Crippen LogP contribution is -2.44. The molecular weight excluding hydrogens is 378 g/mol. The topological polar surface area (TPSA) is 73.9 Å². The molecule has 0 bridgehead atoms. The largest absolute Gasteiger partial charge is 0.490 e. The van der Waals surface area contributed by atoms with E-state index in [4.69, 9.17) is 14.2 Å². The second-order valence-electron chi connectivity index (χ2n) is 6.83. The minimum atomic E-state index is -0.543. The number of hydrogen-bond donors (Lipinski definition) is 1. The summed E-state index contributed by atoms with van der Waals surface area (Å²) in [6, 6.07) is 4.98. The highest BCUT2D eigenvalue weighted by molar-refractivity contribution is 9.10. The molecule has 0 unspecified atom stereocenters. The number of rotatable bonds is 5. The normalized spacial score (nSPS) is 15.4. The molecule has 1 aromatic carbocycles. The Labute approximate surface area is 150 Å². The quantitative estimate of drug-likeness (QED) is 0.764. The predicted molar refractivity (Wildman–Crippen MR) is 92.3 cm³/mol. The van der Waals surface area contributed by atoms with Crippen molar-refractivity contribution in [2.24, 2.45) is 0 Å². The smallest absolute Gasteiger partial charge is 0.408 e. The van der Waals surface area contributed by atoms with Gasteiger partial charge >= 0.3 is 12.1 Å². The molecule has 0 radical (unpaired) electrons. The van der Waals surface area contributed by atoms with E-state index in [9.17, 15) is 9.59 Å². The maximum absolute atomic E-state index is 11.9. The minimum absolute atomic E-state index is 0.301. The van der Waals surface area contributed by atoms with Crippen LogP contribution in [0, 0.1) is 0 Å². The summed E-state index contributed by atoms with van der Waals surface area (Å²) in [6.45, 7) is 5.75. The molecule has 1 aliphatic carbocycles. The Hall–Kier alpha value is -1.76. The van der Waals surface area contributed by atoms with Crippen LogP contribution in [0.3, 0.4) is 0 Å². The third kappa shape index (κ3) is 5.12. The van der Waals surface area contributed by atoms with Gasteiger partial charge in [0, 0.05) is 0 Å². The Bertz CT molecular complexity index is 634. The van der Waals surface area contributed by atoms with Gasteiger partial charge in [0.1, 0.15) is 18.0 Å². The highest BCUT2D eigenvalue weighted by Crippen LogP contribution is 2.37. The summed E-state index contributed by atoms with van der Waals surface area (Å²) in [6.07, 6.45) is 1.19. The molecular formula is C17H22BrNO5. The summed E-state index contributed by atoms with van der Waals surface area (Å²) in [5, 5.41) is 2.87. The first-order valence-corrected chi connectivity index (χ1v) is 8.45. The number of esters is 1. The Morgan fingerprint density at radius 1 is 1.29 bits per heavy atom. The standard InChI is InChI=1S/C17H22BrNO5/c1-16(2,3)24-15(21)19-17(7-8-17)10-23-13-9-11(14(20)22-4)5-6-12(13)18/h5-6,9H,7-8,10H2,1-4H3,(H,19,21).